The van der Waals surface area contributed by atoms with E-state index in [1.807, 2.05) is 32.9 Å². The van der Waals surface area contributed by atoms with Crippen molar-refractivity contribution in [2.75, 3.05) is 5.32 Å². The number of hydrogen-bond donors (Lipinski definition) is 4. The number of benzene rings is 2. The molecule has 184 valence electrons. The van der Waals surface area contributed by atoms with Crippen molar-refractivity contribution in [3.8, 4) is 5.75 Å². The Balaban J connectivity index is 1.94. The quantitative estimate of drug-likeness (QED) is 0.348. The molecule has 0 unspecified atom stereocenters. The molecule has 3 rings (SSSR count). The number of pyridine rings is 1. The number of aliphatic carboxylic acids is 1. The van der Waals surface area contributed by atoms with Crippen LogP contribution in [0.4, 0.5) is 10.5 Å². The van der Waals surface area contributed by atoms with E-state index in [0.717, 1.165) is 5.56 Å². The van der Waals surface area contributed by atoms with E-state index in [4.69, 9.17) is 11.6 Å². The van der Waals surface area contributed by atoms with E-state index in [9.17, 15) is 24.6 Å². The van der Waals surface area contributed by atoms with Crippen LogP contribution in [0.25, 0.3) is 0 Å². The van der Waals surface area contributed by atoms with Gasteiger partial charge in [0.15, 0.2) is 5.69 Å². The molecule has 1 atom stereocenters. The molecule has 3 aromatic rings. The highest BCUT2D eigenvalue weighted by molar-refractivity contribution is 6.31. The number of nitrogens with zero attached hydrogens (tertiary/aromatic N) is 1. The van der Waals surface area contributed by atoms with Crippen LogP contribution in [0.15, 0.2) is 59.5 Å². The Morgan fingerprint density at radius 2 is 1.74 bits per heavy atom. The lowest BCUT2D eigenvalue weighted by Crippen LogP contribution is -2.36. The maximum absolute atomic E-state index is 13.2. The number of aromatic nitrogens is 1. The molecule has 1 heterocycles. The van der Waals surface area contributed by atoms with E-state index in [1.165, 1.54) is 4.57 Å². The molecule has 0 saturated heterocycles. The molecule has 35 heavy (non-hydrogen) atoms. The fraction of sp³-hybridized carbons (Fsp3) is 0.269. The Kier molecular flexibility index (Phi) is 8.19. The van der Waals surface area contributed by atoms with Gasteiger partial charge in [-0.2, -0.15) is 0 Å². The van der Waals surface area contributed by atoms with E-state index < -0.39 is 23.6 Å². The summed E-state index contributed by atoms with van der Waals surface area (Å²) in [5.74, 6) is -1.58. The lowest BCUT2D eigenvalue weighted by molar-refractivity contribution is -0.137. The highest BCUT2D eigenvalue weighted by Crippen LogP contribution is 2.31. The van der Waals surface area contributed by atoms with Crippen LogP contribution >= 0.6 is 11.6 Å². The summed E-state index contributed by atoms with van der Waals surface area (Å²) in [6.07, 6.45) is 1.19. The second kappa shape index (κ2) is 11.1. The predicted octanol–water partition coefficient (Wildman–Crippen LogP) is 5.02. The fourth-order valence-electron chi connectivity index (χ4n) is 3.67. The number of hydrogen-bond acceptors (Lipinski definition) is 4. The maximum atomic E-state index is 13.2. The monoisotopic (exact) mass is 497 g/mol. The van der Waals surface area contributed by atoms with Crippen molar-refractivity contribution in [2.24, 2.45) is 0 Å². The number of anilines is 1. The number of carbonyl (C=O) groups excluding carboxylic acids is 1. The molecule has 2 aromatic carbocycles. The molecule has 0 radical (unpaired) electrons. The standard InChI is InChI=1S/C26H28ClN3O5/c1-15(2)19-14-30(13-18-6-4-5-7-20(18)27)25(34)23(24(19)33)29-26(35)28-21(12-22(31)32)17-10-8-16(3)9-11-17/h4-11,14-15,21,33H,12-13H2,1-3H3,(H,31,32)(H2,28,29,35)/t21-/m0/s1. The molecule has 0 spiro atoms. The number of aromatic hydroxyl groups is 1. The van der Waals surface area contributed by atoms with Gasteiger partial charge in [0.05, 0.1) is 19.0 Å². The van der Waals surface area contributed by atoms with Crippen molar-refractivity contribution < 1.29 is 19.8 Å². The van der Waals surface area contributed by atoms with Gasteiger partial charge in [0.1, 0.15) is 5.75 Å². The summed E-state index contributed by atoms with van der Waals surface area (Å²) in [6, 6.07) is 12.5. The summed E-state index contributed by atoms with van der Waals surface area (Å²) >= 11 is 6.26. The van der Waals surface area contributed by atoms with Crippen LogP contribution in [-0.2, 0) is 11.3 Å². The zero-order chi connectivity index (χ0) is 25.7. The van der Waals surface area contributed by atoms with E-state index in [2.05, 4.69) is 10.6 Å². The first-order valence-corrected chi connectivity index (χ1v) is 11.5. The first kappa shape index (κ1) is 25.8. The lowest BCUT2D eigenvalue weighted by Gasteiger charge is -2.20. The summed E-state index contributed by atoms with van der Waals surface area (Å²) in [5.41, 5.74) is 1.84. The zero-order valence-corrected chi connectivity index (χ0v) is 20.5. The number of amides is 2. The van der Waals surface area contributed by atoms with Crippen molar-refractivity contribution in [3.05, 3.63) is 92.4 Å². The maximum Gasteiger partial charge on any atom is 0.319 e. The average Bonchev–Trinajstić information content (AvgIpc) is 2.79. The number of aryl methyl sites for hydroxylation is 1. The van der Waals surface area contributed by atoms with Crippen molar-refractivity contribution in [3.63, 3.8) is 0 Å². The van der Waals surface area contributed by atoms with Crippen LogP contribution in [0.5, 0.6) is 5.75 Å². The van der Waals surface area contributed by atoms with Crippen LogP contribution in [-0.4, -0.2) is 26.8 Å². The Labute approximate surface area is 208 Å². The summed E-state index contributed by atoms with van der Waals surface area (Å²) in [6.45, 7) is 5.74. The first-order valence-electron chi connectivity index (χ1n) is 11.1. The second-order valence-electron chi connectivity index (χ2n) is 8.65. The number of carboxylic acid groups (broad SMARTS) is 1. The topological polar surface area (TPSA) is 121 Å². The van der Waals surface area contributed by atoms with Crippen LogP contribution in [0.1, 0.15) is 54.5 Å². The highest BCUT2D eigenvalue weighted by atomic mass is 35.5. The zero-order valence-electron chi connectivity index (χ0n) is 19.7. The largest absolute Gasteiger partial charge is 0.505 e. The Morgan fingerprint density at radius 1 is 1.09 bits per heavy atom. The number of urea groups is 1. The molecule has 0 saturated carbocycles. The normalized spacial score (nSPS) is 11.8. The van der Waals surface area contributed by atoms with Crippen molar-refractivity contribution in [2.45, 2.75) is 45.7 Å². The minimum Gasteiger partial charge on any atom is -0.505 e. The van der Waals surface area contributed by atoms with Gasteiger partial charge in [-0.15, -0.1) is 0 Å². The first-order chi connectivity index (χ1) is 16.6. The van der Waals surface area contributed by atoms with Crippen LogP contribution in [0, 0.1) is 6.92 Å². The molecule has 1 aromatic heterocycles. The third-order valence-corrected chi connectivity index (χ3v) is 5.97. The molecule has 4 N–H and O–H groups in total. The number of nitrogens with one attached hydrogen (secondary N) is 2. The van der Waals surface area contributed by atoms with Gasteiger partial charge < -0.3 is 25.4 Å². The van der Waals surface area contributed by atoms with E-state index in [-0.39, 0.29) is 30.3 Å². The van der Waals surface area contributed by atoms with Crippen molar-refractivity contribution in [1.82, 2.24) is 9.88 Å². The minimum absolute atomic E-state index is 0.139. The van der Waals surface area contributed by atoms with E-state index in [0.29, 0.717) is 21.7 Å². The summed E-state index contributed by atoms with van der Waals surface area (Å²) in [5, 5.41) is 25.6. The molecule has 9 heteroatoms. The molecule has 2 amide bonds. The van der Waals surface area contributed by atoms with Gasteiger partial charge in [0.2, 0.25) is 0 Å². The third kappa shape index (κ3) is 6.42. The Bertz CT molecular complexity index is 1290. The minimum atomic E-state index is -1.09. The summed E-state index contributed by atoms with van der Waals surface area (Å²) < 4.78 is 1.38. The van der Waals surface area contributed by atoms with E-state index >= 15 is 0 Å². The SMILES string of the molecule is Cc1ccc([C@H](CC(=O)O)NC(=O)Nc2c(O)c(C(C)C)cn(Cc3ccccc3Cl)c2=O)cc1. The Hall–Kier alpha value is -3.78. The molecule has 0 aliphatic heterocycles. The number of carboxylic acids is 1. The molecule has 0 aliphatic carbocycles. The molecule has 8 nitrogen and oxygen atoms in total. The summed E-state index contributed by atoms with van der Waals surface area (Å²) in [4.78, 5) is 37.5. The van der Waals surface area contributed by atoms with Crippen LogP contribution in [0.3, 0.4) is 0 Å². The van der Waals surface area contributed by atoms with Crippen molar-refractivity contribution >= 4 is 29.3 Å². The Morgan fingerprint density at radius 3 is 2.34 bits per heavy atom. The smallest absolute Gasteiger partial charge is 0.319 e. The van der Waals surface area contributed by atoms with Crippen LogP contribution in [0.2, 0.25) is 5.02 Å². The van der Waals surface area contributed by atoms with E-state index in [1.54, 1.807) is 42.6 Å². The second-order valence-corrected chi connectivity index (χ2v) is 9.05. The number of rotatable bonds is 8. The molecule has 0 aliphatic rings. The molecular weight excluding hydrogens is 470 g/mol. The fourth-order valence-corrected chi connectivity index (χ4v) is 3.87. The number of halogens is 1. The van der Waals surface area contributed by atoms with Gasteiger partial charge in [-0.1, -0.05) is 73.5 Å². The van der Waals surface area contributed by atoms with Gasteiger partial charge >= 0.3 is 12.0 Å². The van der Waals surface area contributed by atoms with Gasteiger partial charge in [0, 0.05) is 16.8 Å². The third-order valence-electron chi connectivity index (χ3n) is 5.60. The predicted molar refractivity (Wildman–Crippen MR) is 135 cm³/mol. The summed E-state index contributed by atoms with van der Waals surface area (Å²) in [7, 11) is 0. The lowest BCUT2D eigenvalue weighted by atomic mass is 10.0. The molecular formula is C26H28ClN3O5. The molecule has 0 bridgehead atoms. The van der Waals surface area contributed by atoms with Gasteiger partial charge in [0.25, 0.3) is 5.56 Å². The van der Waals surface area contributed by atoms with Gasteiger partial charge in [-0.25, -0.2) is 4.79 Å². The van der Waals surface area contributed by atoms with Crippen molar-refractivity contribution in [1.29, 1.82) is 0 Å². The van der Waals surface area contributed by atoms with Gasteiger partial charge in [-0.05, 0) is 30.0 Å². The number of carbonyl (C=O) groups is 2. The molecule has 0 fully saturated rings. The highest BCUT2D eigenvalue weighted by Gasteiger charge is 2.22. The van der Waals surface area contributed by atoms with Crippen LogP contribution < -0.4 is 16.2 Å². The van der Waals surface area contributed by atoms with Gasteiger partial charge in [-0.3, -0.25) is 9.59 Å². The average molecular weight is 498 g/mol.